The largest absolute Gasteiger partial charge is 0.398 e. The van der Waals surface area contributed by atoms with Crippen LogP contribution in [0.15, 0.2) is 23.1 Å². The normalized spacial score (nSPS) is 20.6. The summed E-state index contributed by atoms with van der Waals surface area (Å²) in [5, 5.41) is 10.7. The van der Waals surface area contributed by atoms with E-state index in [0.29, 0.717) is 13.1 Å². The summed E-state index contributed by atoms with van der Waals surface area (Å²) in [6.07, 6.45) is 0.786. The number of sulfonamides is 1. The number of nitro groups is 1. The molecule has 1 fully saturated rings. The molecule has 2 N–H and O–H groups in total. The molecule has 0 aliphatic carbocycles. The molecule has 0 radical (unpaired) electrons. The van der Waals surface area contributed by atoms with E-state index in [0.717, 1.165) is 12.5 Å². The summed E-state index contributed by atoms with van der Waals surface area (Å²) in [5.74, 6) is 0.287. The monoisotopic (exact) mass is 285 g/mol. The molecule has 1 aliphatic heterocycles. The summed E-state index contributed by atoms with van der Waals surface area (Å²) < 4.78 is 26.1. The zero-order valence-corrected chi connectivity index (χ0v) is 11.3. The summed E-state index contributed by atoms with van der Waals surface area (Å²) in [5.41, 5.74) is 5.40. The second kappa shape index (κ2) is 4.78. The quantitative estimate of drug-likeness (QED) is 0.510. The highest BCUT2D eigenvalue weighted by Gasteiger charge is 2.32. The third-order valence-corrected chi connectivity index (χ3v) is 5.13. The van der Waals surface area contributed by atoms with Crippen LogP contribution in [0.1, 0.15) is 13.3 Å². The third kappa shape index (κ3) is 2.54. The fraction of sp³-hybridized carbons (Fsp3) is 0.455. The van der Waals surface area contributed by atoms with Crippen molar-refractivity contribution >= 4 is 21.4 Å². The molecule has 1 saturated heterocycles. The summed E-state index contributed by atoms with van der Waals surface area (Å²) >= 11 is 0. The van der Waals surface area contributed by atoms with Gasteiger partial charge in [-0.15, -0.1) is 0 Å². The van der Waals surface area contributed by atoms with Gasteiger partial charge in [0, 0.05) is 25.2 Å². The Kier molecular flexibility index (Phi) is 3.46. The molecule has 1 aromatic carbocycles. The first-order valence-electron chi connectivity index (χ1n) is 5.86. The lowest BCUT2D eigenvalue weighted by molar-refractivity contribution is -0.385. The Bertz CT molecular complexity index is 614. The molecule has 1 aromatic rings. The van der Waals surface area contributed by atoms with Crippen LogP contribution in [-0.4, -0.2) is 30.7 Å². The topological polar surface area (TPSA) is 107 Å². The van der Waals surface area contributed by atoms with Crippen LogP contribution in [0.25, 0.3) is 0 Å². The van der Waals surface area contributed by atoms with E-state index in [1.807, 2.05) is 6.92 Å². The first-order chi connectivity index (χ1) is 8.82. The average Bonchev–Trinajstić information content (AvgIpc) is 2.76. The number of rotatable bonds is 3. The lowest BCUT2D eigenvalue weighted by atomic mass is 10.2. The van der Waals surface area contributed by atoms with Crippen LogP contribution in [-0.2, 0) is 10.0 Å². The van der Waals surface area contributed by atoms with Crippen molar-refractivity contribution in [3.8, 4) is 0 Å². The van der Waals surface area contributed by atoms with Crippen molar-refractivity contribution in [3.05, 3.63) is 28.3 Å². The summed E-state index contributed by atoms with van der Waals surface area (Å²) in [6.45, 7) is 2.81. The highest BCUT2D eigenvalue weighted by Crippen LogP contribution is 2.29. The van der Waals surface area contributed by atoms with Crippen LogP contribution in [0, 0.1) is 16.0 Å². The second-order valence-corrected chi connectivity index (χ2v) is 6.64. The molecule has 19 heavy (non-hydrogen) atoms. The fourth-order valence-electron chi connectivity index (χ4n) is 2.11. The van der Waals surface area contributed by atoms with Gasteiger partial charge in [0.25, 0.3) is 5.69 Å². The number of non-ortho nitro benzene ring substituents is 1. The van der Waals surface area contributed by atoms with Gasteiger partial charge in [0.2, 0.25) is 10.0 Å². The molecule has 2 rings (SSSR count). The number of hydrogen-bond donors (Lipinski definition) is 1. The maximum Gasteiger partial charge on any atom is 0.270 e. The van der Waals surface area contributed by atoms with Crippen LogP contribution in [0.4, 0.5) is 11.4 Å². The lowest BCUT2D eigenvalue weighted by Gasteiger charge is -2.17. The van der Waals surface area contributed by atoms with E-state index >= 15 is 0 Å². The minimum absolute atomic E-state index is 0.0325. The highest BCUT2D eigenvalue weighted by molar-refractivity contribution is 7.89. The first-order valence-corrected chi connectivity index (χ1v) is 7.30. The van der Waals surface area contributed by atoms with E-state index in [1.54, 1.807) is 0 Å². The van der Waals surface area contributed by atoms with E-state index in [4.69, 9.17) is 5.73 Å². The second-order valence-electron chi connectivity index (χ2n) is 4.74. The van der Waals surface area contributed by atoms with Crippen molar-refractivity contribution in [3.63, 3.8) is 0 Å². The van der Waals surface area contributed by atoms with Crippen molar-refractivity contribution in [1.29, 1.82) is 0 Å². The van der Waals surface area contributed by atoms with Crippen molar-refractivity contribution in [2.45, 2.75) is 18.2 Å². The van der Waals surface area contributed by atoms with Gasteiger partial charge in [-0.05, 0) is 18.4 Å². The first kappa shape index (κ1) is 13.8. The van der Waals surface area contributed by atoms with Crippen LogP contribution < -0.4 is 5.73 Å². The van der Waals surface area contributed by atoms with E-state index in [-0.39, 0.29) is 22.2 Å². The van der Waals surface area contributed by atoms with Crippen molar-refractivity contribution in [1.82, 2.24) is 4.31 Å². The smallest absolute Gasteiger partial charge is 0.270 e. The SMILES string of the molecule is CC1CCN(S(=O)(=O)c2cc([N+](=O)[O-])ccc2N)C1. The summed E-state index contributed by atoms with van der Waals surface area (Å²) in [4.78, 5) is 9.90. The Morgan fingerprint density at radius 3 is 2.68 bits per heavy atom. The van der Waals surface area contributed by atoms with Gasteiger partial charge in [0.05, 0.1) is 10.6 Å². The standard InChI is InChI=1S/C11H15N3O4S/c1-8-4-5-13(7-8)19(17,18)11-6-9(14(15)16)2-3-10(11)12/h2-3,6,8H,4-5,7,12H2,1H3. The molecule has 1 aliphatic rings. The molecule has 7 nitrogen and oxygen atoms in total. The molecule has 0 aromatic heterocycles. The number of nitro benzene ring substituents is 1. The molecule has 0 saturated carbocycles. The Balaban J connectivity index is 2.45. The maximum atomic E-state index is 12.4. The van der Waals surface area contributed by atoms with Gasteiger partial charge < -0.3 is 5.73 Å². The Morgan fingerprint density at radius 1 is 1.47 bits per heavy atom. The predicted octanol–water partition coefficient (Wildman–Crippen LogP) is 1.21. The van der Waals surface area contributed by atoms with Gasteiger partial charge in [-0.25, -0.2) is 8.42 Å². The van der Waals surface area contributed by atoms with Crippen molar-refractivity contribution in [2.24, 2.45) is 5.92 Å². The molecular weight excluding hydrogens is 270 g/mol. The van der Waals surface area contributed by atoms with E-state index < -0.39 is 14.9 Å². The Labute approximate surface area is 111 Å². The van der Waals surface area contributed by atoms with E-state index in [9.17, 15) is 18.5 Å². The Hall–Kier alpha value is -1.67. The number of nitrogens with zero attached hydrogens (tertiary/aromatic N) is 2. The molecule has 0 amide bonds. The Morgan fingerprint density at radius 2 is 2.16 bits per heavy atom. The average molecular weight is 285 g/mol. The van der Waals surface area contributed by atoms with Crippen LogP contribution >= 0.6 is 0 Å². The number of hydrogen-bond acceptors (Lipinski definition) is 5. The number of anilines is 1. The fourth-order valence-corrected chi connectivity index (χ4v) is 3.82. The van der Waals surface area contributed by atoms with Gasteiger partial charge in [0.15, 0.2) is 0 Å². The molecule has 8 heteroatoms. The molecule has 0 bridgehead atoms. The predicted molar refractivity (Wildman–Crippen MR) is 70.0 cm³/mol. The van der Waals surface area contributed by atoms with Gasteiger partial charge in [-0.1, -0.05) is 6.92 Å². The van der Waals surface area contributed by atoms with Crippen LogP contribution in [0.3, 0.4) is 0 Å². The van der Waals surface area contributed by atoms with Crippen LogP contribution in [0.2, 0.25) is 0 Å². The van der Waals surface area contributed by atoms with Gasteiger partial charge in [-0.2, -0.15) is 4.31 Å². The van der Waals surface area contributed by atoms with Crippen LogP contribution in [0.5, 0.6) is 0 Å². The number of nitrogens with two attached hydrogens (primary N) is 1. The van der Waals surface area contributed by atoms with Crippen molar-refractivity contribution in [2.75, 3.05) is 18.8 Å². The molecular formula is C11H15N3O4S. The molecule has 0 spiro atoms. The van der Waals surface area contributed by atoms with Gasteiger partial charge in [0.1, 0.15) is 4.90 Å². The molecule has 1 unspecified atom stereocenters. The zero-order valence-electron chi connectivity index (χ0n) is 10.4. The van der Waals surface area contributed by atoms with Gasteiger partial charge >= 0.3 is 0 Å². The minimum Gasteiger partial charge on any atom is -0.398 e. The van der Waals surface area contributed by atoms with Crippen molar-refractivity contribution < 1.29 is 13.3 Å². The zero-order chi connectivity index (χ0) is 14.2. The number of benzene rings is 1. The molecule has 1 atom stereocenters. The highest BCUT2D eigenvalue weighted by atomic mass is 32.2. The van der Waals surface area contributed by atoms with E-state index in [1.165, 1.54) is 16.4 Å². The molecule has 1 heterocycles. The third-order valence-electron chi connectivity index (χ3n) is 3.21. The summed E-state index contributed by atoms with van der Waals surface area (Å²) in [7, 11) is -3.75. The summed E-state index contributed by atoms with van der Waals surface area (Å²) in [6, 6.07) is 3.47. The maximum absolute atomic E-state index is 12.4. The minimum atomic E-state index is -3.75. The molecule has 104 valence electrons. The number of nitrogen functional groups attached to an aromatic ring is 1. The lowest BCUT2D eigenvalue weighted by Crippen LogP contribution is -2.29. The van der Waals surface area contributed by atoms with E-state index in [2.05, 4.69) is 0 Å². The van der Waals surface area contributed by atoms with Gasteiger partial charge in [-0.3, -0.25) is 10.1 Å².